The maximum atomic E-state index is 12.1. The van der Waals surface area contributed by atoms with Crippen LogP contribution in [-0.4, -0.2) is 17.4 Å². The van der Waals surface area contributed by atoms with Crippen LogP contribution in [0.25, 0.3) is 0 Å². The molecule has 0 aliphatic carbocycles. The SMILES string of the molecule is O=P(O)(O)C(Br)(Br)P(=O)(O)c1ccccc1. The average Bonchev–Trinajstić information content (AvgIpc) is 2.17. The van der Waals surface area contributed by atoms with Crippen molar-refractivity contribution in [1.29, 1.82) is 0 Å². The van der Waals surface area contributed by atoms with Crippen molar-refractivity contribution in [3.63, 3.8) is 0 Å². The molecule has 1 aromatic carbocycles. The lowest BCUT2D eigenvalue weighted by molar-refractivity contribution is 0.372. The van der Waals surface area contributed by atoms with Crippen LogP contribution in [0.15, 0.2) is 30.3 Å². The molecule has 90 valence electrons. The minimum Gasteiger partial charge on any atom is -0.339 e. The molecule has 1 unspecified atom stereocenters. The van der Waals surface area contributed by atoms with Crippen molar-refractivity contribution < 1.29 is 23.8 Å². The number of benzene rings is 1. The van der Waals surface area contributed by atoms with Crippen LogP contribution in [0.4, 0.5) is 0 Å². The Bertz CT molecular complexity index is 469. The fourth-order valence-corrected chi connectivity index (χ4v) is 4.84. The van der Waals surface area contributed by atoms with Gasteiger partial charge in [-0.3, -0.25) is 9.13 Å². The van der Waals surface area contributed by atoms with Gasteiger partial charge in [0.2, 0.25) is 0 Å². The second-order valence-corrected chi connectivity index (χ2v) is 13.3. The summed E-state index contributed by atoms with van der Waals surface area (Å²) in [7, 11) is -9.13. The first kappa shape index (κ1) is 14.6. The Labute approximate surface area is 109 Å². The largest absolute Gasteiger partial charge is 0.363 e. The van der Waals surface area contributed by atoms with E-state index in [1.54, 1.807) is 6.07 Å². The molecular weight excluding hydrogens is 386 g/mol. The van der Waals surface area contributed by atoms with E-state index in [9.17, 15) is 14.0 Å². The molecule has 16 heavy (non-hydrogen) atoms. The molecule has 0 bridgehead atoms. The van der Waals surface area contributed by atoms with Gasteiger partial charge in [-0.25, -0.2) is 0 Å². The highest BCUT2D eigenvalue weighted by Gasteiger charge is 2.57. The normalized spacial score (nSPS) is 16.8. The summed E-state index contributed by atoms with van der Waals surface area (Å²) in [6.07, 6.45) is 0. The quantitative estimate of drug-likeness (QED) is 0.540. The second-order valence-electron chi connectivity index (χ2n) is 2.97. The predicted octanol–water partition coefficient (Wildman–Crippen LogP) is 2.16. The Balaban J connectivity index is 3.34. The van der Waals surface area contributed by atoms with Gasteiger partial charge in [0.05, 0.1) is 0 Å². The third-order valence-corrected chi connectivity index (χ3v) is 11.5. The molecule has 0 radical (unpaired) electrons. The minimum atomic E-state index is -4.84. The summed E-state index contributed by atoms with van der Waals surface area (Å²) in [5, 5.41) is -0.0490. The van der Waals surface area contributed by atoms with Crippen LogP contribution < -0.4 is 5.30 Å². The van der Waals surface area contributed by atoms with Gasteiger partial charge in [0.15, 0.2) is 0 Å². The number of hydrogen-bond acceptors (Lipinski definition) is 2. The van der Waals surface area contributed by atoms with Gasteiger partial charge in [-0.2, -0.15) is 0 Å². The predicted molar refractivity (Wildman–Crippen MR) is 68.5 cm³/mol. The van der Waals surface area contributed by atoms with E-state index in [-0.39, 0.29) is 5.30 Å². The van der Waals surface area contributed by atoms with Gasteiger partial charge >= 0.3 is 7.60 Å². The molecular formula is C7H8Br2O5P2. The van der Waals surface area contributed by atoms with Crippen LogP contribution in [0.3, 0.4) is 0 Å². The third-order valence-electron chi connectivity index (χ3n) is 1.82. The molecule has 0 saturated heterocycles. The van der Waals surface area contributed by atoms with Gasteiger partial charge < -0.3 is 14.7 Å². The van der Waals surface area contributed by atoms with E-state index < -0.39 is 17.7 Å². The van der Waals surface area contributed by atoms with Gasteiger partial charge in [0, 0.05) is 5.30 Å². The molecule has 0 heterocycles. The highest BCUT2D eigenvalue weighted by molar-refractivity contribution is 9.29. The lowest BCUT2D eigenvalue weighted by Crippen LogP contribution is -2.20. The molecule has 3 N–H and O–H groups in total. The van der Waals surface area contributed by atoms with Crippen LogP contribution in [0.5, 0.6) is 0 Å². The fraction of sp³-hybridized carbons (Fsp3) is 0.143. The van der Waals surface area contributed by atoms with Crippen molar-refractivity contribution in [3.05, 3.63) is 30.3 Å². The number of rotatable bonds is 3. The Morgan fingerprint density at radius 3 is 1.81 bits per heavy atom. The van der Waals surface area contributed by atoms with Crippen LogP contribution in [0.2, 0.25) is 0 Å². The molecule has 0 aromatic heterocycles. The van der Waals surface area contributed by atoms with Crippen molar-refractivity contribution in [2.45, 2.75) is 2.72 Å². The van der Waals surface area contributed by atoms with E-state index in [0.717, 1.165) is 0 Å². The molecule has 0 spiro atoms. The smallest absolute Gasteiger partial charge is 0.339 e. The Morgan fingerprint density at radius 2 is 1.44 bits per heavy atom. The Morgan fingerprint density at radius 1 is 1.00 bits per heavy atom. The standard InChI is InChI=1S/C7H8Br2O5P2/c8-7(9,16(12,13)14)15(10,11)6-4-2-1-3-5-6/h1-5H,(H,10,11)(H2,12,13,14). The summed E-state index contributed by atoms with van der Waals surface area (Å²) >= 11 is 5.20. The van der Waals surface area contributed by atoms with E-state index in [1.807, 2.05) is 0 Å². The number of alkyl halides is 2. The van der Waals surface area contributed by atoms with Crippen LogP contribution >= 0.6 is 46.8 Å². The van der Waals surface area contributed by atoms with Gasteiger partial charge in [0.25, 0.3) is 10.1 Å². The molecule has 1 aromatic rings. The summed E-state index contributed by atoms with van der Waals surface area (Å²) in [5.74, 6) is 0. The van der Waals surface area contributed by atoms with Gasteiger partial charge in [0.1, 0.15) is 0 Å². The monoisotopic (exact) mass is 392 g/mol. The summed E-state index contributed by atoms with van der Waals surface area (Å²) in [6.45, 7) is 0. The summed E-state index contributed by atoms with van der Waals surface area (Å²) in [5.41, 5.74) is 0. The zero-order valence-corrected chi connectivity index (χ0v) is 12.7. The molecule has 1 rings (SSSR count). The Kier molecular flexibility index (Phi) is 4.24. The maximum Gasteiger partial charge on any atom is 0.363 e. The van der Waals surface area contributed by atoms with Gasteiger partial charge in [-0.1, -0.05) is 18.2 Å². The first-order valence-corrected chi connectivity index (χ1v) is 8.78. The molecule has 9 heteroatoms. The average molecular weight is 394 g/mol. The van der Waals surface area contributed by atoms with E-state index in [1.165, 1.54) is 24.3 Å². The summed E-state index contributed by atoms with van der Waals surface area (Å²) in [4.78, 5) is 27.9. The second kappa shape index (κ2) is 4.65. The molecule has 5 nitrogen and oxygen atoms in total. The van der Waals surface area contributed by atoms with E-state index in [0.29, 0.717) is 0 Å². The van der Waals surface area contributed by atoms with Gasteiger partial charge in [-0.15, -0.1) is 0 Å². The van der Waals surface area contributed by atoms with Crippen LogP contribution in [0, 0.1) is 0 Å². The molecule has 0 aliphatic heterocycles. The minimum absolute atomic E-state index is 0.0490. The maximum absolute atomic E-state index is 12.1. The zero-order chi connectivity index (χ0) is 12.6. The number of halogens is 2. The highest BCUT2D eigenvalue weighted by atomic mass is 79.9. The van der Waals surface area contributed by atoms with Crippen molar-refractivity contribution in [3.8, 4) is 0 Å². The lowest BCUT2D eigenvalue weighted by Gasteiger charge is -2.27. The van der Waals surface area contributed by atoms with Crippen molar-refractivity contribution >= 4 is 52.1 Å². The van der Waals surface area contributed by atoms with Crippen molar-refractivity contribution in [1.82, 2.24) is 0 Å². The summed E-state index contributed by atoms with van der Waals surface area (Å²) < 4.78 is 20.8. The van der Waals surface area contributed by atoms with Crippen molar-refractivity contribution in [2.75, 3.05) is 0 Å². The number of hydrogen-bond donors (Lipinski definition) is 3. The molecule has 0 saturated carbocycles. The van der Waals surface area contributed by atoms with Crippen LogP contribution in [-0.2, 0) is 9.13 Å². The molecule has 1 atom stereocenters. The van der Waals surface area contributed by atoms with E-state index in [2.05, 4.69) is 31.9 Å². The van der Waals surface area contributed by atoms with Gasteiger partial charge in [-0.05, 0) is 44.0 Å². The first-order valence-electron chi connectivity index (χ1n) is 3.92. The van der Waals surface area contributed by atoms with E-state index in [4.69, 9.17) is 9.79 Å². The van der Waals surface area contributed by atoms with Crippen molar-refractivity contribution in [2.24, 2.45) is 0 Å². The van der Waals surface area contributed by atoms with E-state index >= 15 is 0 Å². The molecule has 0 aliphatic rings. The summed E-state index contributed by atoms with van der Waals surface area (Å²) in [6, 6.07) is 7.30. The Hall–Kier alpha value is 0.520. The lowest BCUT2D eigenvalue weighted by atomic mass is 10.4. The first-order chi connectivity index (χ1) is 7.11. The molecule has 0 amide bonds. The fourth-order valence-electron chi connectivity index (χ4n) is 0.962. The third kappa shape index (κ3) is 2.51. The molecule has 0 fully saturated rings. The topological polar surface area (TPSA) is 94.8 Å². The highest BCUT2D eigenvalue weighted by Crippen LogP contribution is 2.76. The van der Waals surface area contributed by atoms with Crippen LogP contribution in [0.1, 0.15) is 0 Å². The zero-order valence-electron chi connectivity index (χ0n) is 7.70.